The number of benzene rings is 3. The summed E-state index contributed by atoms with van der Waals surface area (Å²) < 4.78 is 3.15. The van der Waals surface area contributed by atoms with Crippen LogP contribution >= 0.6 is 15.9 Å². The number of carbonyl (C=O) groups is 1. The fourth-order valence-electron chi connectivity index (χ4n) is 3.83. The third-order valence-electron chi connectivity index (χ3n) is 5.69. The molecule has 5 heteroatoms. The summed E-state index contributed by atoms with van der Waals surface area (Å²) in [4.78, 5) is 17.7. The maximum absolute atomic E-state index is 12.8. The summed E-state index contributed by atoms with van der Waals surface area (Å²) in [6, 6.07) is 24.0. The van der Waals surface area contributed by atoms with Crippen LogP contribution in [0.4, 0.5) is 0 Å². The fraction of sp³-hybridized carbons (Fsp3) is 0.259. The molecule has 1 amide bonds. The zero-order valence-corrected chi connectivity index (χ0v) is 20.5. The number of para-hydroxylation sites is 2. The average molecular weight is 490 g/mol. The van der Waals surface area contributed by atoms with E-state index in [0.29, 0.717) is 12.1 Å². The van der Waals surface area contributed by atoms with Crippen LogP contribution in [0, 0.1) is 0 Å². The SMILES string of the molecule is CC(NC(=O)c1ccc(Br)cc1)c1nc2ccccc2n1Cc1ccc(C(C)(C)C)cc1. The van der Waals surface area contributed by atoms with E-state index >= 15 is 0 Å². The molecule has 4 nitrogen and oxygen atoms in total. The highest BCUT2D eigenvalue weighted by Gasteiger charge is 2.20. The molecular formula is C27H28BrN3O. The van der Waals surface area contributed by atoms with E-state index in [0.717, 1.165) is 21.3 Å². The van der Waals surface area contributed by atoms with E-state index in [9.17, 15) is 4.79 Å². The van der Waals surface area contributed by atoms with Crippen LogP contribution in [-0.2, 0) is 12.0 Å². The Morgan fingerprint density at radius 1 is 1.00 bits per heavy atom. The second-order valence-electron chi connectivity index (χ2n) is 9.19. The van der Waals surface area contributed by atoms with Crippen LogP contribution in [-0.4, -0.2) is 15.5 Å². The summed E-state index contributed by atoms with van der Waals surface area (Å²) in [7, 11) is 0. The van der Waals surface area contributed by atoms with Gasteiger partial charge in [-0.05, 0) is 59.9 Å². The quantitative estimate of drug-likeness (QED) is 0.341. The van der Waals surface area contributed by atoms with Crippen LogP contribution in [0.15, 0.2) is 77.3 Å². The molecule has 0 aliphatic heterocycles. The van der Waals surface area contributed by atoms with E-state index in [2.05, 4.69) is 76.9 Å². The van der Waals surface area contributed by atoms with E-state index in [1.54, 1.807) is 0 Å². The van der Waals surface area contributed by atoms with Gasteiger partial charge in [0.15, 0.2) is 0 Å². The number of aromatic nitrogens is 2. The Hall–Kier alpha value is -2.92. The molecule has 0 radical (unpaired) electrons. The summed E-state index contributed by atoms with van der Waals surface area (Å²) in [5.74, 6) is 0.731. The van der Waals surface area contributed by atoms with E-state index in [1.165, 1.54) is 11.1 Å². The van der Waals surface area contributed by atoms with Crippen molar-refractivity contribution >= 4 is 32.9 Å². The number of rotatable bonds is 5. The van der Waals surface area contributed by atoms with Gasteiger partial charge in [0.25, 0.3) is 5.91 Å². The van der Waals surface area contributed by atoms with Gasteiger partial charge in [-0.3, -0.25) is 4.79 Å². The van der Waals surface area contributed by atoms with Crippen LogP contribution in [0.5, 0.6) is 0 Å². The summed E-state index contributed by atoms with van der Waals surface area (Å²) in [5, 5.41) is 3.11. The molecule has 0 saturated heterocycles. The van der Waals surface area contributed by atoms with Gasteiger partial charge in [-0.2, -0.15) is 0 Å². The number of hydrogen-bond donors (Lipinski definition) is 1. The molecule has 1 heterocycles. The first kappa shape index (κ1) is 22.3. The average Bonchev–Trinajstić information content (AvgIpc) is 3.12. The molecule has 0 aliphatic rings. The monoisotopic (exact) mass is 489 g/mol. The first-order valence-corrected chi connectivity index (χ1v) is 11.6. The number of nitrogens with one attached hydrogen (secondary N) is 1. The maximum Gasteiger partial charge on any atom is 0.251 e. The minimum absolute atomic E-state index is 0.113. The smallest absolute Gasteiger partial charge is 0.251 e. The molecule has 1 unspecified atom stereocenters. The molecule has 0 fully saturated rings. The lowest BCUT2D eigenvalue weighted by Gasteiger charge is -2.20. The fourth-order valence-corrected chi connectivity index (χ4v) is 4.09. The highest BCUT2D eigenvalue weighted by molar-refractivity contribution is 9.10. The Morgan fingerprint density at radius 3 is 2.31 bits per heavy atom. The topological polar surface area (TPSA) is 46.9 Å². The van der Waals surface area contributed by atoms with Crippen molar-refractivity contribution in [1.82, 2.24) is 14.9 Å². The molecule has 4 aromatic rings. The van der Waals surface area contributed by atoms with E-state index < -0.39 is 0 Å². The maximum atomic E-state index is 12.8. The van der Waals surface area contributed by atoms with Crippen molar-refractivity contribution in [2.75, 3.05) is 0 Å². The predicted molar refractivity (Wildman–Crippen MR) is 134 cm³/mol. The number of carbonyl (C=O) groups excluding carboxylic acids is 1. The molecule has 0 spiro atoms. The molecule has 164 valence electrons. The summed E-state index contributed by atoms with van der Waals surface area (Å²) in [6.45, 7) is 9.34. The zero-order valence-electron chi connectivity index (χ0n) is 18.9. The highest BCUT2D eigenvalue weighted by atomic mass is 79.9. The predicted octanol–water partition coefficient (Wildman–Crippen LogP) is 6.64. The molecule has 1 aromatic heterocycles. The Labute approximate surface area is 197 Å². The van der Waals surface area contributed by atoms with Crippen LogP contribution in [0.25, 0.3) is 11.0 Å². The molecular weight excluding hydrogens is 462 g/mol. The number of imidazole rings is 1. The third-order valence-corrected chi connectivity index (χ3v) is 6.21. The van der Waals surface area contributed by atoms with Gasteiger partial charge in [-0.15, -0.1) is 0 Å². The second-order valence-corrected chi connectivity index (χ2v) is 10.1. The minimum Gasteiger partial charge on any atom is -0.342 e. The highest BCUT2D eigenvalue weighted by Crippen LogP contribution is 2.25. The van der Waals surface area contributed by atoms with Crippen molar-refractivity contribution in [2.45, 2.75) is 45.7 Å². The van der Waals surface area contributed by atoms with Gasteiger partial charge < -0.3 is 9.88 Å². The summed E-state index contributed by atoms with van der Waals surface area (Å²) in [6.07, 6.45) is 0. The van der Waals surface area contributed by atoms with Gasteiger partial charge in [-0.1, -0.05) is 73.1 Å². The van der Waals surface area contributed by atoms with Gasteiger partial charge in [0, 0.05) is 16.6 Å². The van der Waals surface area contributed by atoms with Crippen LogP contribution in [0.2, 0.25) is 0 Å². The number of nitrogens with zero attached hydrogens (tertiary/aromatic N) is 2. The van der Waals surface area contributed by atoms with Crippen LogP contribution < -0.4 is 5.32 Å². The van der Waals surface area contributed by atoms with Crippen LogP contribution in [0.1, 0.15) is 61.0 Å². The molecule has 4 rings (SSSR count). The van der Waals surface area contributed by atoms with Crippen molar-refractivity contribution in [2.24, 2.45) is 0 Å². The van der Waals surface area contributed by atoms with E-state index in [1.807, 2.05) is 49.4 Å². The Balaban J connectivity index is 1.64. The third kappa shape index (κ3) is 4.78. The van der Waals surface area contributed by atoms with Crippen LogP contribution in [0.3, 0.4) is 0 Å². The molecule has 3 aromatic carbocycles. The van der Waals surface area contributed by atoms with Crippen molar-refractivity contribution in [1.29, 1.82) is 0 Å². The largest absolute Gasteiger partial charge is 0.342 e. The number of halogens is 1. The lowest BCUT2D eigenvalue weighted by atomic mass is 9.87. The van der Waals surface area contributed by atoms with Crippen molar-refractivity contribution in [3.05, 3.63) is 99.8 Å². The van der Waals surface area contributed by atoms with E-state index in [-0.39, 0.29) is 17.4 Å². The molecule has 0 aliphatic carbocycles. The van der Waals surface area contributed by atoms with Gasteiger partial charge in [0.05, 0.1) is 17.1 Å². The molecule has 0 saturated carbocycles. The second kappa shape index (κ2) is 8.91. The van der Waals surface area contributed by atoms with Gasteiger partial charge in [0.2, 0.25) is 0 Å². The van der Waals surface area contributed by atoms with E-state index in [4.69, 9.17) is 4.98 Å². The summed E-state index contributed by atoms with van der Waals surface area (Å²) in [5.41, 5.74) is 5.25. The van der Waals surface area contributed by atoms with Gasteiger partial charge in [-0.25, -0.2) is 4.98 Å². The molecule has 1 N–H and O–H groups in total. The number of amides is 1. The number of fused-ring (bicyclic) bond motifs is 1. The Morgan fingerprint density at radius 2 is 1.66 bits per heavy atom. The zero-order chi connectivity index (χ0) is 22.9. The molecule has 32 heavy (non-hydrogen) atoms. The lowest BCUT2D eigenvalue weighted by Crippen LogP contribution is -2.28. The van der Waals surface area contributed by atoms with Gasteiger partial charge >= 0.3 is 0 Å². The minimum atomic E-state index is -0.243. The number of hydrogen-bond acceptors (Lipinski definition) is 2. The van der Waals surface area contributed by atoms with Crippen molar-refractivity contribution in [3.63, 3.8) is 0 Å². The van der Waals surface area contributed by atoms with Crippen molar-refractivity contribution in [3.8, 4) is 0 Å². The normalized spacial score (nSPS) is 12.7. The first-order chi connectivity index (χ1) is 15.2. The first-order valence-electron chi connectivity index (χ1n) is 10.8. The van der Waals surface area contributed by atoms with Crippen molar-refractivity contribution < 1.29 is 4.79 Å². The standard InChI is InChI=1S/C27H28BrN3O/c1-18(29-26(32)20-11-15-22(28)16-12-20)25-30-23-7-5-6-8-24(23)31(25)17-19-9-13-21(14-10-19)27(2,3)4/h5-16,18H,17H2,1-4H3,(H,29,32). The lowest BCUT2D eigenvalue weighted by molar-refractivity contribution is 0.0937. The van der Waals surface area contributed by atoms with Gasteiger partial charge in [0.1, 0.15) is 5.82 Å². The Kier molecular flexibility index (Phi) is 6.20. The molecule has 1 atom stereocenters. The molecule has 0 bridgehead atoms. The summed E-state index contributed by atoms with van der Waals surface area (Å²) >= 11 is 3.41. The Bertz CT molecular complexity index is 1230.